The highest BCUT2D eigenvalue weighted by atomic mass is 16.3. The van der Waals surface area contributed by atoms with E-state index in [4.69, 9.17) is 0 Å². The molecule has 186 valence electrons. The van der Waals surface area contributed by atoms with Crippen molar-refractivity contribution < 1.29 is 10.2 Å². The van der Waals surface area contributed by atoms with E-state index in [0.29, 0.717) is 17.4 Å². The van der Waals surface area contributed by atoms with Crippen LogP contribution in [0.4, 0.5) is 0 Å². The molecule has 2 aliphatic rings. The van der Waals surface area contributed by atoms with Crippen molar-refractivity contribution in [2.24, 2.45) is 5.92 Å². The predicted octanol–water partition coefficient (Wildman–Crippen LogP) is 7.13. The van der Waals surface area contributed by atoms with Gasteiger partial charge in [0.05, 0.1) is 0 Å². The number of phenolic OH excluding ortho intramolecular Hbond substituents is 2. The molecule has 2 nitrogen and oxygen atoms in total. The molecule has 0 amide bonds. The van der Waals surface area contributed by atoms with Crippen LogP contribution in [0.1, 0.15) is 47.4 Å². The van der Waals surface area contributed by atoms with Crippen molar-refractivity contribution in [3.8, 4) is 22.6 Å². The molecule has 38 heavy (non-hydrogen) atoms. The third-order valence-electron chi connectivity index (χ3n) is 8.81. The monoisotopic (exact) mass is 494 g/mol. The Hall–Kier alpha value is -4.30. The van der Waals surface area contributed by atoms with Crippen molar-refractivity contribution in [1.82, 2.24) is 0 Å². The third-order valence-corrected chi connectivity index (χ3v) is 8.81. The molecule has 0 radical (unpaired) electrons. The predicted molar refractivity (Wildman–Crippen MR) is 156 cm³/mol. The fourth-order valence-corrected chi connectivity index (χ4v) is 7.20. The minimum Gasteiger partial charge on any atom is -0.507 e. The lowest BCUT2D eigenvalue weighted by Crippen LogP contribution is -2.39. The van der Waals surface area contributed by atoms with E-state index in [1.54, 1.807) is 12.1 Å². The maximum absolute atomic E-state index is 10.8. The number of aromatic hydroxyl groups is 2. The lowest BCUT2D eigenvalue weighted by Gasteiger charge is -2.42. The van der Waals surface area contributed by atoms with Gasteiger partial charge in [-0.15, -0.1) is 0 Å². The molecule has 0 aromatic heterocycles. The van der Waals surface area contributed by atoms with E-state index < -0.39 is 0 Å². The van der Waals surface area contributed by atoms with Crippen LogP contribution in [0.2, 0.25) is 0 Å². The first kappa shape index (κ1) is 22.9. The summed E-state index contributed by atoms with van der Waals surface area (Å²) in [5, 5.41) is 25.6. The minimum atomic E-state index is 0.160. The van der Waals surface area contributed by atoms with E-state index in [1.165, 1.54) is 39.0 Å². The fourth-order valence-electron chi connectivity index (χ4n) is 7.20. The first-order chi connectivity index (χ1) is 18.5. The molecular weight excluding hydrogens is 464 g/mol. The summed E-state index contributed by atoms with van der Waals surface area (Å²) >= 11 is 0. The van der Waals surface area contributed by atoms with Crippen molar-refractivity contribution in [2.45, 2.75) is 32.1 Å². The molecule has 5 aromatic carbocycles. The molecule has 2 N–H and O–H groups in total. The average Bonchev–Trinajstić information content (AvgIpc) is 2.94. The molecule has 0 spiro atoms. The summed E-state index contributed by atoms with van der Waals surface area (Å²) in [6, 6.07) is 33.6. The number of hydrogen-bond acceptors (Lipinski definition) is 2. The smallest absolute Gasteiger partial charge is 0.123 e. The molecule has 3 atom stereocenters. The second-order valence-electron chi connectivity index (χ2n) is 10.8. The summed E-state index contributed by atoms with van der Waals surface area (Å²) in [7, 11) is 0. The first-order valence-electron chi connectivity index (χ1n) is 13.5. The average molecular weight is 495 g/mol. The minimum absolute atomic E-state index is 0.160. The lowest BCUT2D eigenvalue weighted by atomic mass is 9.61. The maximum Gasteiger partial charge on any atom is 0.123 e. The van der Waals surface area contributed by atoms with Gasteiger partial charge in [0, 0.05) is 22.4 Å². The highest BCUT2D eigenvalue weighted by Crippen LogP contribution is 2.54. The van der Waals surface area contributed by atoms with Crippen LogP contribution < -0.4 is 10.4 Å². The first-order valence-corrected chi connectivity index (χ1v) is 13.5. The SMILES string of the molecule is Cc1cc2c(O)cccc2c2c1C(c1ccc(-c3ccccc3)cc1)C1CC=c3c(O)cccc3=C1C2C. The Morgan fingerprint density at radius 2 is 1.39 bits per heavy atom. The van der Waals surface area contributed by atoms with Crippen LogP contribution in [0, 0.1) is 12.8 Å². The number of fused-ring (bicyclic) bond motifs is 5. The number of hydrogen-bond donors (Lipinski definition) is 2. The van der Waals surface area contributed by atoms with Crippen LogP contribution in [0.25, 0.3) is 33.5 Å². The largest absolute Gasteiger partial charge is 0.507 e. The highest BCUT2D eigenvalue weighted by Gasteiger charge is 2.40. The van der Waals surface area contributed by atoms with Crippen molar-refractivity contribution >= 4 is 22.4 Å². The van der Waals surface area contributed by atoms with Crippen molar-refractivity contribution in [2.75, 3.05) is 0 Å². The van der Waals surface area contributed by atoms with Gasteiger partial charge >= 0.3 is 0 Å². The summed E-state index contributed by atoms with van der Waals surface area (Å²) in [4.78, 5) is 0. The molecule has 7 rings (SSSR count). The highest BCUT2D eigenvalue weighted by molar-refractivity contribution is 5.95. The van der Waals surface area contributed by atoms with Gasteiger partial charge in [0.1, 0.15) is 11.5 Å². The van der Waals surface area contributed by atoms with Crippen molar-refractivity contribution in [1.29, 1.82) is 0 Å². The van der Waals surface area contributed by atoms with Crippen LogP contribution in [0.15, 0.2) is 97.1 Å². The van der Waals surface area contributed by atoms with E-state index in [-0.39, 0.29) is 11.8 Å². The second-order valence-corrected chi connectivity index (χ2v) is 10.8. The van der Waals surface area contributed by atoms with E-state index in [2.05, 4.69) is 92.7 Å². The summed E-state index contributed by atoms with van der Waals surface area (Å²) < 4.78 is 0. The van der Waals surface area contributed by atoms with E-state index in [1.807, 2.05) is 12.1 Å². The van der Waals surface area contributed by atoms with Crippen LogP contribution in [0.3, 0.4) is 0 Å². The summed E-state index contributed by atoms with van der Waals surface area (Å²) in [6.07, 6.45) is 3.11. The van der Waals surface area contributed by atoms with Gasteiger partial charge in [-0.3, -0.25) is 0 Å². The molecule has 2 heteroatoms. The molecule has 2 aliphatic carbocycles. The summed E-state index contributed by atoms with van der Waals surface area (Å²) in [5.41, 5.74) is 9.03. The van der Waals surface area contributed by atoms with Gasteiger partial charge in [-0.1, -0.05) is 97.4 Å². The molecule has 0 aliphatic heterocycles. The molecular formula is C36H30O2. The van der Waals surface area contributed by atoms with Gasteiger partial charge in [-0.25, -0.2) is 0 Å². The third kappa shape index (κ3) is 3.33. The van der Waals surface area contributed by atoms with Gasteiger partial charge in [-0.05, 0) is 81.4 Å². The normalized spacial score (nSPS) is 19.8. The van der Waals surface area contributed by atoms with Crippen LogP contribution in [-0.2, 0) is 0 Å². The molecule has 5 aromatic rings. The van der Waals surface area contributed by atoms with Gasteiger partial charge in [0.2, 0.25) is 0 Å². The Bertz CT molecular complexity index is 1830. The van der Waals surface area contributed by atoms with Gasteiger partial charge in [0.15, 0.2) is 0 Å². The second kappa shape index (κ2) is 8.63. The summed E-state index contributed by atoms with van der Waals surface area (Å²) in [5.74, 6) is 1.31. The molecule has 0 saturated carbocycles. The van der Waals surface area contributed by atoms with E-state index in [0.717, 1.165) is 27.6 Å². The molecule has 0 saturated heterocycles. The molecule has 3 unspecified atom stereocenters. The topological polar surface area (TPSA) is 40.5 Å². The standard InChI is InChI=1S/C36H30O2/c1-21-20-30-28(11-7-13-32(30)38)35-22(2)34-27-10-6-12-31(37)26(27)18-19-29(34)36(33(21)35)25-16-14-24(15-17-25)23-8-4-3-5-9-23/h3-18,20,22,29,36-38H,19H2,1-2H3. The Labute approximate surface area is 222 Å². The Balaban J connectivity index is 1.53. The zero-order valence-electron chi connectivity index (χ0n) is 21.6. The van der Waals surface area contributed by atoms with E-state index in [9.17, 15) is 10.2 Å². The number of benzene rings is 5. The van der Waals surface area contributed by atoms with Crippen LogP contribution >= 0.6 is 0 Å². The zero-order valence-corrected chi connectivity index (χ0v) is 21.6. The summed E-state index contributed by atoms with van der Waals surface area (Å²) in [6.45, 7) is 4.50. The van der Waals surface area contributed by atoms with Crippen molar-refractivity contribution in [3.05, 3.63) is 130 Å². The quantitative estimate of drug-likeness (QED) is 0.274. The van der Waals surface area contributed by atoms with Crippen molar-refractivity contribution in [3.63, 3.8) is 0 Å². The Morgan fingerprint density at radius 1 is 0.684 bits per heavy atom. The number of phenols is 2. The Kier molecular flexibility index (Phi) is 5.19. The van der Waals surface area contributed by atoms with Gasteiger partial charge in [-0.2, -0.15) is 0 Å². The Morgan fingerprint density at radius 3 is 2.18 bits per heavy atom. The molecule has 0 heterocycles. The lowest BCUT2D eigenvalue weighted by molar-refractivity contribution is 0.467. The van der Waals surface area contributed by atoms with Crippen LogP contribution in [0.5, 0.6) is 11.5 Å². The fraction of sp³-hybridized carbons (Fsp3) is 0.167. The van der Waals surface area contributed by atoms with Gasteiger partial charge < -0.3 is 10.2 Å². The maximum atomic E-state index is 10.8. The van der Waals surface area contributed by atoms with Gasteiger partial charge in [0.25, 0.3) is 0 Å². The number of rotatable bonds is 2. The zero-order chi connectivity index (χ0) is 26.0. The molecule has 0 fully saturated rings. The van der Waals surface area contributed by atoms with E-state index >= 15 is 0 Å². The van der Waals surface area contributed by atoms with Crippen LogP contribution in [-0.4, -0.2) is 10.2 Å². The number of aryl methyl sites for hydroxylation is 1. The molecule has 0 bridgehead atoms.